The predicted molar refractivity (Wildman–Crippen MR) is 143 cm³/mol. The number of anilines is 1. The van der Waals surface area contributed by atoms with E-state index in [-0.39, 0.29) is 28.9 Å². The van der Waals surface area contributed by atoms with Crippen LogP contribution in [0.15, 0.2) is 91.0 Å². The van der Waals surface area contributed by atoms with Gasteiger partial charge in [-0.25, -0.2) is 0 Å². The number of rotatable bonds is 11. The zero-order valence-corrected chi connectivity index (χ0v) is 20.8. The van der Waals surface area contributed by atoms with Crippen LogP contribution in [0.3, 0.4) is 0 Å². The molecule has 0 aliphatic rings. The van der Waals surface area contributed by atoms with E-state index >= 15 is 0 Å². The summed E-state index contributed by atoms with van der Waals surface area (Å²) in [4.78, 5) is 38.4. The summed E-state index contributed by atoms with van der Waals surface area (Å²) in [6.07, 6.45) is 0. The number of carbonyl (C=O) groups is 3. The summed E-state index contributed by atoms with van der Waals surface area (Å²) in [7, 11) is 0. The first-order valence-electron chi connectivity index (χ1n) is 11.6. The molecule has 182 valence electrons. The summed E-state index contributed by atoms with van der Waals surface area (Å²) >= 11 is 1.15. The lowest BCUT2D eigenvalue weighted by Crippen LogP contribution is -2.51. The lowest BCUT2D eigenvalue weighted by Gasteiger charge is -2.25. The van der Waals surface area contributed by atoms with Gasteiger partial charge in [-0.1, -0.05) is 92.3 Å². The molecule has 35 heavy (non-hydrogen) atoms. The summed E-state index contributed by atoms with van der Waals surface area (Å²) in [5.74, 6) is 0.0138. The highest BCUT2D eigenvalue weighted by molar-refractivity contribution is 8.14. The summed E-state index contributed by atoms with van der Waals surface area (Å²) in [6, 6.07) is 26.4. The largest absolute Gasteiger partial charge is 0.347 e. The molecule has 2 atom stereocenters. The Bertz CT molecular complexity index is 1090. The minimum absolute atomic E-state index is 0.0165. The Morgan fingerprint density at radius 1 is 0.771 bits per heavy atom. The van der Waals surface area contributed by atoms with E-state index in [4.69, 9.17) is 0 Å². The van der Waals surface area contributed by atoms with Crippen LogP contribution in [0.2, 0.25) is 0 Å². The van der Waals surface area contributed by atoms with Crippen LogP contribution in [0.25, 0.3) is 0 Å². The molecule has 0 unspecified atom stereocenters. The molecule has 0 radical (unpaired) electrons. The zero-order chi connectivity index (χ0) is 25.0. The molecule has 6 nitrogen and oxygen atoms in total. The van der Waals surface area contributed by atoms with Crippen molar-refractivity contribution >= 4 is 34.4 Å². The Balaban J connectivity index is 1.66. The second-order valence-electron chi connectivity index (χ2n) is 8.49. The van der Waals surface area contributed by atoms with Crippen LogP contribution in [0, 0.1) is 5.92 Å². The smallest absolute Gasteiger partial charge is 0.251 e. The number of para-hydroxylation sites is 1. The van der Waals surface area contributed by atoms with Gasteiger partial charge in [0.1, 0.15) is 0 Å². The zero-order valence-electron chi connectivity index (χ0n) is 19.9. The van der Waals surface area contributed by atoms with Gasteiger partial charge in [0.05, 0.1) is 12.1 Å². The topological polar surface area (TPSA) is 87.3 Å². The summed E-state index contributed by atoms with van der Waals surface area (Å²) in [6.45, 7) is 4.26. The molecular weight excluding hydrogens is 458 g/mol. The third-order valence-corrected chi connectivity index (χ3v) is 6.44. The van der Waals surface area contributed by atoms with Gasteiger partial charge in [0, 0.05) is 29.1 Å². The van der Waals surface area contributed by atoms with E-state index in [1.165, 1.54) is 0 Å². The molecule has 3 aromatic carbocycles. The molecule has 3 N–H and O–H groups in total. The van der Waals surface area contributed by atoms with Crippen molar-refractivity contribution in [1.29, 1.82) is 0 Å². The van der Waals surface area contributed by atoms with Gasteiger partial charge >= 0.3 is 0 Å². The van der Waals surface area contributed by atoms with Crippen molar-refractivity contribution in [2.45, 2.75) is 25.9 Å². The maximum Gasteiger partial charge on any atom is 0.251 e. The number of amides is 2. The first-order valence-corrected chi connectivity index (χ1v) is 12.6. The third-order valence-electron chi connectivity index (χ3n) is 5.37. The van der Waals surface area contributed by atoms with Crippen molar-refractivity contribution in [1.82, 2.24) is 10.6 Å². The standard InChI is InChI=1S/C28H31N3O3S/c1-20(2)25(27(33)30-23-16-10-5-11-17-23)29-18-24(31-26(32)21-12-6-3-7-13-21)19-35-28(34)22-14-8-4-9-15-22/h3-17,20,24-25,29H,18-19H2,1-2H3,(H,30,33)(H,31,32)/t24-,25-/m0/s1. The highest BCUT2D eigenvalue weighted by Gasteiger charge is 2.24. The molecular formula is C28H31N3O3S. The first kappa shape index (κ1) is 26.2. The summed E-state index contributed by atoms with van der Waals surface area (Å²) in [5.41, 5.74) is 1.88. The molecule has 2 amide bonds. The Morgan fingerprint density at radius 3 is 1.89 bits per heavy atom. The number of carbonyl (C=O) groups excluding carboxylic acids is 3. The van der Waals surface area contributed by atoms with Crippen molar-refractivity contribution < 1.29 is 14.4 Å². The lowest BCUT2D eigenvalue weighted by molar-refractivity contribution is -0.119. The van der Waals surface area contributed by atoms with Crippen LogP contribution < -0.4 is 16.0 Å². The number of nitrogens with one attached hydrogen (secondary N) is 3. The van der Waals surface area contributed by atoms with Gasteiger partial charge in [-0.3, -0.25) is 14.4 Å². The Kier molecular flexibility index (Phi) is 10.1. The monoisotopic (exact) mass is 489 g/mol. The van der Waals surface area contributed by atoms with Crippen molar-refractivity contribution in [3.63, 3.8) is 0 Å². The van der Waals surface area contributed by atoms with E-state index in [0.717, 1.165) is 17.4 Å². The number of thioether (sulfide) groups is 1. The molecule has 0 bridgehead atoms. The van der Waals surface area contributed by atoms with Crippen LogP contribution >= 0.6 is 11.8 Å². The van der Waals surface area contributed by atoms with Crippen molar-refractivity contribution in [3.05, 3.63) is 102 Å². The maximum atomic E-state index is 12.9. The van der Waals surface area contributed by atoms with Gasteiger partial charge in [0.25, 0.3) is 5.91 Å². The van der Waals surface area contributed by atoms with Gasteiger partial charge < -0.3 is 16.0 Å². The number of hydrogen-bond acceptors (Lipinski definition) is 5. The van der Waals surface area contributed by atoms with Crippen LogP contribution in [0.1, 0.15) is 34.6 Å². The van der Waals surface area contributed by atoms with E-state index in [2.05, 4.69) is 16.0 Å². The van der Waals surface area contributed by atoms with Crippen molar-refractivity contribution in [2.75, 3.05) is 17.6 Å². The molecule has 0 aliphatic carbocycles. The molecule has 0 fully saturated rings. The molecule has 3 aromatic rings. The molecule has 0 saturated heterocycles. The molecule has 0 heterocycles. The highest BCUT2D eigenvalue weighted by atomic mass is 32.2. The predicted octanol–water partition coefficient (Wildman–Crippen LogP) is 4.61. The summed E-state index contributed by atoms with van der Waals surface area (Å²) < 4.78 is 0. The van der Waals surface area contributed by atoms with E-state index in [1.807, 2.05) is 68.4 Å². The molecule has 0 aromatic heterocycles. The van der Waals surface area contributed by atoms with Crippen LogP contribution in [0.5, 0.6) is 0 Å². The average Bonchev–Trinajstić information content (AvgIpc) is 2.88. The van der Waals surface area contributed by atoms with E-state index in [1.54, 1.807) is 36.4 Å². The van der Waals surface area contributed by atoms with E-state index < -0.39 is 6.04 Å². The first-order chi connectivity index (χ1) is 16.9. The van der Waals surface area contributed by atoms with Gasteiger partial charge in [-0.05, 0) is 30.2 Å². The summed E-state index contributed by atoms with van der Waals surface area (Å²) in [5, 5.41) is 9.20. The van der Waals surface area contributed by atoms with Gasteiger partial charge in [-0.15, -0.1) is 0 Å². The Hall–Kier alpha value is -3.42. The molecule has 0 aliphatic heterocycles. The van der Waals surface area contributed by atoms with Gasteiger partial charge in [0.2, 0.25) is 11.0 Å². The van der Waals surface area contributed by atoms with Crippen LogP contribution in [-0.4, -0.2) is 41.3 Å². The van der Waals surface area contributed by atoms with Gasteiger partial charge in [0.15, 0.2) is 0 Å². The van der Waals surface area contributed by atoms with E-state index in [9.17, 15) is 14.4 Å². The Labute approximate surface area is 210 Å². The third kappa shape index (κ3) is 8.38. The fraction of sp³-hybridized carbons (Fsp3) is 0.250. The van der Waals surface area contributed by atoms with Crippen LogP contribution in [0.4, 0.5) is 5.69 Å². The maximum absolute atomic E-state index is 12.9. The fourth-order valence-corrected chi connectivity index (χ4v) is 4.34. The second kappa shape index (κ2) is 13.5. The minimum Gasteiger partial charge on any atom is -0.347 e. The second-order valence-corrected chi connectivity index (χ2v) is 9.48. The minimum atomic E-state index is -0.471. The quantitative estimate of drug-likeness (QED) is 0.366. The number of benzene rings is 3. The lowest BCUT2D eigenvalue weighted by atomic mass is 10.0. The normalized spacial score (nSPS) is 12.5. The molecule has 7 heteroatoms. The molecule has 3 rings (SSSR count). The van der Waals surface area contributed by atoms with Gasteiger partial charge in [-0.2, -0.15) is 0 Å². The number of hydrogen-bond donors (Lipinski definition) is 3. The SMILES string of the molecule is CC(C)[C@H](NC[C@@H](CSC(=O)c1ccccc1)NC(=O)c1ccccc1)C(=O)Nc1ccccc1. The average molecular weight is 490 g/mol. The fourth-order valence-electron chi connectivity index (χ4n) is 3.49. The van der Waals surface area contributed by atoms with Crippen LogP contribution in [-0.2, 0) is 4.79 Å². The van der Waals surface area contributed by atoms with Crippen molar-refractivity contribution in [2.24, 2.45) is 5.92 Å². The highest BCUT2D eigenvalue weighted by Crippen LogP contribution is 2.15. The van der Waals surface area contributed by atoms with E-state index in [0.29, 0.717) is 23.4 Å². The molecule has 0 saturated carbocycles. The van der Waals surface area contributed by atoms with Crippen molar-refractivity contribution in [3.8, 4) is 0 Å². The molecule has 0 spiro atoms. The Morgan fingerprint density at radius 2 is 1.31 bits per heavy atom.